The second-order valence-electron chi connectivity index (χ2n) is 8.13. The van der Waals surface area contributed by atoms with E-state index in [4.69, 9.17) is 0 Å². The SMILES string of the molecule is CCN1CCC(NC(=O)c2nn(C)c3cc(N(C)CC(C)C)ccc23)CC1. The molecule has 1 amide bonds. The number of anilines is 1. The van der Waals surface area contributed by atoms with Gasteiger partial charge in [-0.1, -0.05) is 20.8 Å². The number of nitrogens with zero attached hydrogens (tertiary/aromatic N) is 4. The molecule has 1 N–H and O–H groups in total. The lowest BCUT2D eigenvalue weighted by atomic mass is 10.0. The van der Waals surface area contributed by atoms with Crippen molar-refractivity contribution in [3.05, 3.63) is 23.9 Å². The molecular weight excluding hydrogens is 338 g/mol. The number of rotatable bonds is 6. The maximum absolute atomic E-state index is 12.8. The Balaban J connectivity index is 1.76. The summed E-state index contributed by atoms with van der Waals surface area (Å²) in [5.74, 6) is 0.538. The van der Waals surface area contributed by atoms with Crippen LogP contribution in [-0.2, 0) is 7.05 Å². The molecule has 0 unspecified atom stereocenters. The number of hydrogen-bond donors (Lipinski definition) is 1. The molecule has 1 fully saturated rings. The summed E-state index contributed by atoms with van der Waals surface area (Å²) in [4.78, 5) is 17.5. The number of nitrogens with one attached hydrogen (secondary N) is 1. The van der Waals surface area contributed by atoms with Crippen molar-refractivity contribution in [2.24, 2.45) is 13.0 Å². The predicted molar refractivity (Wildman–Crippen MR) is 111 cm³/mol. The molecule has 1 aliphatic rings. The van der Waals surface area contributed by atoms with Crippen LogP contribution in [0.1, 0.15) is 44.1 Å². The Bertz CT molecular complexity index is 789. The van der Waals surface area contributed by atoms with Crippen LogP contribution in [0.2, 0.25) is 0 Å². The molecule has 1 aromatic carbocycles. The normalized spacial score (nSPS) is 16.2. The third kappa shape index (κ3) is 4.43. The summed E-state index contributed by atoms with van der Waals surface area (Å²) < 4.78 is 1.82. The maximum atomic E-state index is 12.8. The van der Waals surface area contributed by atoms with Crippen molar-refractivity contribution in [2.45, 2.75) is 39.7 Å². The van der Waals surface area contributed by atoms with E-state index in [0.717, 1.165) is 55.6 Å². The van der Waals surface area contributed by atoms with Crippen LogP contribution in [0, 0.1) is 5.92 Å². The van der Waals surface area contributed by atoms with Crippen LogP contribution in [0.5, 0.6) is 0 Å². The van der Waals surface area contributed by atoms with Gasteiger partial charge in [0.05, 0.1) is 5.52 Å². The minimum atomic E-state index is -0.0566. The van der Waals surface area contributed by atoms with E-state index in [1.807, 2.05) is 17.8 Å². The third-order valence-corrected chi connectivity index (χ3v) is 5.50. The topological polar surface area (TPSA) is 53.4 Å². The van der Waals surface area contributed by atoms with Crippen LogP contribution in [0.4, 0.5) is 5.69 Å². The second kappa shape index (κ2) is 8.30. The highest BCUT2D eigenvalue weighted by molar-refractivity contribution is 6.05. The molecule has 6 heteroatoms. The van der Waals surface area contributed by atoms with Gasteiger partial charge in [0.25, 0.3) is 5.91 Å². The minimum Gasteiger partial charge on any atom is -0.374 e. The van der Waals surface area contributed by atoms with Gasteiger partial charge >= 0.3 is 0 Å². The van der Waals surface area contributed by atoms with Gasteiger partial charge in [-0.15, -0.1) is 0 Å². The molecule has 1 aromatic heterocycles. The van der Waals surface area contributed by atoms with Crippen molar-refractivity contribution in [1.82, 2.24) is 20.0 Å². The predicted octanol–water partition coefficient (Wildman–Crippen LogP) is 2.88. The molecule has 0 aliphatic carbocycles. The summed E-state index contributed by atoms with van der Waals surface area (Å²) in [6, 6.07) is 6.49. The summed E-state index contributed by atoms with van der Waals surface area (Å²) in [5.41, 5.74) is 2.68. The van der Waals surface area contributed by atoms with E-state index >= 15 is 0 Å². The Hall–Kier alpha value is -2.08. The summed E-state index contributed by atoms with van der Waals surface area (Å²) in [7, 11) is 4.01. The molecule has 148 valence electrons. The van der Waals surface area contributed by atoms with Crippen LogP contribution >= 0.6 is 0 Å². The van der Waals surface area contributed by atoms with Crippen LogP contribution in [-0.4, -0.2) is 59.9 Å². The maximum Gasteiger partial charge on any atom is 0.272 e. The van der Waals surface area contributed by atoms with Gasteiger partial charge < -0.3 is 15.1 Å². The lowest BCUT2D eigenvalue weighted by Gasteiger charge is -2.31. The van der Waals surface area contributed by atoms with Crippen molar-refractivity contribution in [3.8, 4) is 0 Å². The molecule has 6 nitrogen and oxygen atoms in total. The number of aryl methyl sites for hydroxylation is 1. The molecule has 0 atom stereocenters. The van der Waals surface area contributed by atoms with Gasteiger partial charge in [0.15, 0.2) is 5.69 Å². The fraction of sp³-hybridized carbons (Fsp3) is 0.619. The summed E-state index contributed by atoms with van der Waals surface area (Å²) in [6.45, 7) is 10.8. The van der Waals surface area contributed by atoms with Gasteiger partial charge in [-0.25, -0.2) is 0 Å². The Kier molecular flexibility index (Phi) is 6.05. The van der Waals surface area contributed by atoms with Crippen LogP contribution in [0.25, 0.3) is 10.9 Å². The number of carbonyl (C=O) groups is 1. The van der Waals surface area contributed by atoms with Gasteiger partial charge in [0.1, 0.15) is 0 Å². The fourth-order valence-electron chi connectivity index (χ4n) is 3.95. The first-order chi connectivity index (χ1) is 12.9. The average Bonchev–Trinajstić information content (AvgIpc) is 2.98. The highest BCUT2D eigenvalue weighted by atomic mass is 16.2. The number of benzene rings is 1. The standard InChI is InChI=1S/C21H33N5O/c1-6-26-11-9-16(10-12-26)22-21(27)20-18-8-7-17(24(4)14-15(2)3)13-19(18)25(5)23-20/h7-8,13,15-16H,6,9-12,14H2,1-5H3,(H,22,27). The van der Waals surface area contributed by atoms with E-state index in [1.54, 1.807) is 0 Å². The minimum absolute atomic E-state index is 0.0566. The summed E-state index contributed by atoms with van der Waals surface area (Å²) in [5, 5.41) is 8.64. The first-order valence-electron chi connectivity index (χ1n) is 10.1. The molecule has 0 saturated carbocycles. The molecule has 0 bridgehead atoms. The van der Waals surface area contributed by atoms with Gasteiger partial charge in [-0.05, 0) is 43.5 Å². The lowest BCUT2D eigenvalue weighted by molar-refractivity contribution is 0.0908. The lowest BCUT2D eigenvalue weighted by Crippen LogP contribution is -2.44. The van der Waals surface area contributed by atoms with E-state index in [2.05, 4.69) is 60.2 Å². The zero-order valence-electron chi connectivity index (χ0n) is 17.3. The van der Waals surface area contributed by atoms with Gasteiger partial charge in [0, 0.05) is 50.8 Å². The van der Waals surface area contributed by atoms with Crippen LogP contribution in [0.3, 0.4) is 0 Å². The van der Waals surface area contributed by atoms with Crippen molar-refractivity contribution < 1.29 is 4.79 Å². The molecule has 0 spiro atoms. The molecule has 1 aliphatic heterocycles. The molecular formula is C21H33N5O. The monoisotopic (exact) mass is 371 g/mol. The molecule has 1 saturated heterocycles. The Morgan fingerprint density at radius 1 is 1.33 bits per heavy atom. The zero-order chi connectivity index (χ0) is 19.6. The number of carbonyl (C=O) groups excluding carboxylic acids is 1. The molecule has 0 radical (unpaired) electrons. The van der Waals surface area contributed by atoms with Crippen LogP contribution in [0.15, 0.2) is 18.2 Å². The van der Waals surface area contributed by atoms with Crippen molar-refractivity contribution >= 4 is 22.5 Å². The van der Waals surface area contributed by atoms with Gasteiger partial charge in [-0.2, -0.15) is 5.10 Å². The Morgan fingerprint density at radius 2 is 2.04 bits per heavy atom. The number of piperidine rings is 1. The van der Waals surface area contributed by atoms with Gasteiger partial charge in [-0.3, -0.25) is 9.48 Å². The van der Waals surface area contributed by atoms with Crippen molar-refractivity contribution in [1.29, 1.82) is 0 Å². The summed E-state index contributed by atoms with van der Waals surface area (Å²) in [6.07, 6.45) is 2.02. The molecule has 27 heavy (non-hydrogen) atoms. The summed E-state index contributed by atoms with van der Waals surface area (Å²) >= 11 is 0. The Morgan fingerprint density at radius 3 is 2.67 bits per heavy atom. The van der Waals surface area contributed by atoms with E-state index in [-0.39, 0.29) is 11.9 Å². The van der Waals surface area contributed by atoms with E-state index < -0.39 is 0 Å². The number of likely N-dealkylation sites (tertiary alicyclic amines) is 1. The van der Waals surface area contributed by atoms with E-state index in [0.29, 0.717) is 11.6 Å². The molecule has 3 rings (SSSR count). The second-order valence-corrected chi connectivity index (χ2v) is 8.13. The van der Waals surface area contributed by atoms with Crippen molar-refractivity contribution in [2.75, 3.05) is 38.1 Å². The smallest absolute Gasteiger partial charge is 0.272 e. The third-order valence-electron chi connectivity index (χ3n) is 5.50. The molecule has 2 aromatic rings. The number of fused-ring (bicyclic) bond motifs is 1. The number of aromatic nitrogens is 2. The first kappa shape index (κ1) is 19.7. The largest absolute Gasteiger partial charge is 0.374 e. The fourth-order valence-corrected chi connectivity index (χ4v) is 3.95. The highest BCUT2D eigenvalue weighted by Gasteiger charge is 2.23. The van der Waals surface area contributed by atoms with Gasteiger partial charge in [0.2, 0.25) is 0 Å². The zero-order valence-corrected chi connectivity index (χ0v) is 17.3. The average molecular weight is 372 g/mol. The number of hydrogen-bond acceptors (Lipinski definition) is 4. The molecule has 2 heterocycles. The number of amides is 1. The van der Waals surface area contributed by atoms with Crippen LogP contribution < -0.4 is 10.2 Å². The Labute approximate surface area is 162 Å². The van der Waals surface area contributed by atoms with E-state index in [1.165, 1.54) is 0 Å². The van der Waals surface area contributed by atoms with E-state index in [9.17, 15) is 4.79 Å². The highest BCUT2D eigenvalue weighted by Crippen LogP contribution is 2.25. The van der Waals surface area contributed by atoms with Crippen molar-refractivity contribution in [3.63, 3.8) is 0 Å². The first-order valence-corrected chi connectivity index (χ1v) is 10.1. The quantitative estimate of drug-likeness (QED) is 0.848.